The lowest BCUT2D eigenvalue weighted by atomic mass is 10.0. The summed E-state index contributed by atoms with van der Waals surface area (Å²) in [6.07, 6.45) is 60.4. The van der Waals surface area contributed by atoms with Gasteiger partial charge >= 0.3 is 5.97 Å². The number of hydrogen-bond donors (Lipinski definition) is 3. The summed E-state index contributed by atoms with van der Waals surface area (Å²) < 4.78 is 5.47. The van der Waals surface area contributed by atoms with E-state index in [9.17, 15) is 19.8 Å². The zero-order valence-corrected chi connectivity index (χ0v) is 41.9. The van der Waals surface area contributed by atoms with E-state index in [0.29, 0.717) is 25.9 Å². The third kappa shape index (κ3) is 48.1. The minimum atomic E-state index is -0.669. The van der Waals surface area contributed by atoms with Crippen molar-refractivity contribution in [1.29, 1.82) is 0 Å². The number of nitrogens with one attached hydrogen (secondary N) is 1. The number of carbonyl (C=O) groups is 2. The molecule has 0 aliphatic carbocycles. The van der Waals surface area contributed by atoms with Crippen LogP contribution in [0, 0.1) is 0 Å². The molecule has 368 valence electrons. The zero-order valence-electron chi connectivity index (χ0n) is 41.9. The van der Waals surface area contributed by atoms with Gasteiger partial charge in [0.2, 0.25) is 5.91 Å². The highest BCUT2D eigenvalue weighted by atomic mass is 16.5. The molecular weight excluding hydrogens is 767 g/mol. The predicted octanol–water partition coefficient (Wildman–Crippen LogP) is 16.9. The Morgan fingerprint density at radius 3 is 1.15 bits per heavy atom. The van der Waals surface area contributed by atoms with Gasteiger partial charge in [-0.15, -0.1) is 0 Å². The molecule has 2 atom stereocenters. The number of esters is 1. The summed E-state index contributed by atoms with van der Waals surface area (Å²) in [6, 6.07) is -0.547. The molecule has 0 aliphatic rings. The van der Waals surface area contributed by atoms with Crippen molar-refractivity contribution in [1.82, 2.24) is 5.32 Å². The minimum Gasteiger partial charge on any atom is -0.466 e. The summed E-state index contributed by atoms with van der Waals surface area (Å²) in [4.78, 5) is 24.5. The number of aliphatic hydroxyl groups is 2. The van der Waals surface area contributed by atoms with Crippen LogP contribution in [-0.2, 0) is 14.3 Å². The van der Waals surface area contributed by atoms with Crippen molar-refractivity contribution in [3.63, 3.8) is 0 Å². The van der Waals surface area contributed by atoms with Gasteiger partial charge < -0.3 is 20.3 Å². The van der Waals surface area contributed by atoms with Gasteiger partial charge in [0, 0.05) is 12.8 Å². The van der Waals surface area contributed by atoms with E-state index in [0.717, 1.165) is 51.4 Å². The molecule has 0 aromatic carbocycles. The molecule has 0 fully saturated rings. The molecule has 0 bridgehead atoms. The second-order valence-corrected chi connectivity index (χ2v) is 19.3. The van der Waals surface area contributed by atoms with Gasteiger partial charge in [0.1, 0.15) is 0 Å². The van der Waals surface area contributed by atoms with Crippen molar-refractivity contribution in [3.8, 4) is 0 Å². The fraction of sp³-hybridized carbons (Fsp3) is 0.929. The van der Waals surface area contributed by atoms with Crippen molar-refractivity contribution in [2.75, 3.05) is 13.2 Å². The molecule has 0 aromatic heterocycles. The maximum Gasteiger partial charge on any atom is 0.305 e. The average Bonchev–Trinajstić information content (AvgIpc) is 3.27. The van der Waals surface area contributed by atoms with Crippen LogP contribution in [0.3, 0.4) is 0 Å². The first-order chi connectivity index (χ1) is 30.5. The highest BCUT2D eigenvalue weighted by Gasteiger charge is 2.20. The molecule has 0 aliphatic heterocycles. The second kappa shape index (κ2) is 52.2. The predicted molar refractivity (Wildman–Crippen MR) is 269 cm³/mol. The van der Waals surface area contributed by atoms with E-state index in [1.54, 1.807) is 0 Å². The summed E-state index contributed by atoms with van der Waals surface area (Å²) >= 11 is 0. The molecule has 0 heterocycles. The van der Waals surface area contributed by atoms with Crippen LogP contribution in [0.2, 0.25) is 0 Å². The highest BCUT2D eigenvalue weighted by Crippen LogP contribution is 2.17. The van der Waals surface area contributed by atoms with Crippen molar-refractivity contribution in [3.05, 3.63) is 12.2 Å². The number of ether oxygens (including phenoxy) is 1. The second-order valence-electron chi connectivity index (χ2n) is 19.3. The van der Waals surface area contributed by atoms with Gasteiger partial charge in [-0.2, -0.15) is 0 Å². The maximum absolute atomic E-state index is 12.5. The number of unbranched alkanes of at least 4 members (excludes halogenated alkanes) is 39. The molecule has 0 saturated heterocycles. The number of carbonyl (C=O) groups excluding carboxylic acids is 2. The number of allylic oxidation sites excluding steroid dienone is 2. The molecule has 2 unspecified atom stereocenters. The van der Waals surface area contributed by atoms with E-state index in [4.69, 9.17) is 4.74 Å². The van der Waals surface area contributed by atoms with Crippen molar-refractivity contribution < 1.29 is 24.5 Å². The number of aliphatic hydroxyl groups excluding tert-OH is 2. The summed E-state index contributed by atoms with van der Waals surface area (Å²) in [6.45, 7) is 4.94. The lowest BCUT2D eigenvalue weighted by Gasteiger charge is -2.22. The lowest BCUT2D eigenvalue weighted by molar-refractivity contribution is -0.143. The van der Waals surface area contributed by atoms with Crippen LogP contribution in [0.15, 0.2) is 12.2 Å². The van der Waals surface area contributed by atoms with E-state index in [1.165, 1.54) is 225 Å². The van der Waals surface area contributed by atoms with Crippen LogP contribution in [0.25, 0.3) is 0 Å². The number of amides is 1. The molecule has 0 rings (SSSR count). The Kier molecular flexibility index (Phi) is 51.0. The summed E-state index contributed by atoms with van der Waals surface area (Å²) in [5.41, 5.74) is 0. The highest BCUT2D eigenvalue weighted by molar-refractivity contribution is 5.76. The van der Waals surface area contributed by atoms with Crippen molar-refractivity contribution in [2.45, 2.75) is 321 Å². The van der Waals surface area contributed by atoms with E-state index < -0.39 is 12.1 Å². The van der Waals surface area contributed by atoms with Gasteiger partial charge in [-0.05, 0) is 51.4 Å². The third-order valence-corrected chi connectivity index (χ3v) is 13.1. The summed E-state index contributed by atoms with van der Waals surface area (Å²) in [5, 5.41) is 23.3. The van der Waals surface area contributed by atoms with Gasteiger partial charge in [0.15, 0.2) is 0 Å². The Hall–Kier alpha value is -1.40. The average molecular weight is 876 g/mol. The van der Waals surface area contributed by atoms with Crippen LogP contribution >= 0.6 is 0 Å². The standard InChI is InChI=1S/C56H109NO5/c1-3-5-7-9-11-13-15-17-20-24-28-32-36-40-44-48-54(59)53(52-58)57-55(60)49-45-41-37-33-29-25-22-19-23-27-31-35-39-43-47-51-62-56(61)50-46-42-38-34-30-26-21-18-16-14-12-10-8-6-4-2/h18,21,53-54,58-59H,3-17,19-20,22-52H2,1-2H3,(H,57,60)/b21-18-. The van der Waals surface area contributed by atoms with E-state index in [-0.39, 0.29) is 18.5 Å². The molecule has 0 saturated carbocycles. The van der Waals surface area contributed by atoms with Crippen LogP contribution < -0.4 is 5.32 Å². The van der Waals surface area contributed by atoms with Crippen LogP contribution in [-0.4, -0.2) is 47.4 Å². The molecule has 62 heavy (non-hydrogen) atoms. The monoisotopic (exact) mass is 876 g/mol. The van der Waals surface area contributed by atoms with Gasteiger partial charge in [0.25, 0.3) is 0 Å². The topological polar surface area (TPSA) is 95.9 Å². The van der Waals surface area contributed by atoms with E-state index in [1.807, 2.05) is 0 Å². The normalized spacial score (nSPS) is 12.6. The van der Waals surface area contributed by atoms with Gasteiger partial charge in [-0.3, -0.25) is 9.59 Å². The molecule has 0 spiro atoms. The zero-order chi connectivity index (χ0) is 45.1. The number of hydrogen-bond acceptors (Lipinski definition) is 5. The third-order valence-electron chi connectivity index (χ3n) is 13.1. The van der Waals surface area contributed by atoms with Crippen LogP contribution in [0.4, 0.5) is 0 Å². The molecule has 3 N–H and O–H groups in total. The number of rotatable bonds is 52. The lowest BCUT2D eigenvalue weighted by Crippen LogP contribution is -2.45. The van der Waals surface area contributed by atoms with E-state index >= 15 is 0 Å². The largest absolute Gasteiger partial charge is 0.466 e. The first kappa shape index (κ1) is 60.6. The molecule has 6 nitrogen and oxygen atoms in total. The fourth-order valence-corrected chi connectivity index (χ4v) is 8.75. The fourth-order valence-electron chi connectivity index (χ4n) is 8.75. The van der Waals surface area contributed by atoms with Gasteiger partial charge in [0.05, 0.1) is 25.4 Å². The Morgan fingerprint density at radius 1 is 0.435 bits per heavy atom. The summed E-state index contributed by atoms with van der Waals surface area (Å²) in [5.74, 6) is -0.0487. The molecule has 6 heteroatoms. The maximum atomic E-state index is 12.5. The van der Waals surface area contributed by atoms with Crippen molar-refractivity contribution >= 4 is 11.9 Å². The van der Waals surface area contributed by atoms with Crippen LogP contribution in [0.1, 0.15) is 309 Å². The molecular formula is C56H109NO5. The molecule has 1 amide bonds. The minimum absolute atomic E-state index is 0.00669. The van der Waals surface area contributed by atoms with Gasteiger partial charge in [-0.1, -0.05) is 257 Å². The van der Waals surface area contributed by atoms with Crippen molar-refractivity contribution in [2.24, 2.45) is 0 Å². The first-order valence-electron chi connectivity index (χ1n) is 27.9. The Bertz CT molecular complexity index is 924. The SMILES string of the molecule is CCCCCCCC/C=C\CCCCCCCC(=O)OCCCCCCCCCCCCCCCCCC(=O)NC(CO)C(O)CCCCCCCCCCCCCCCCC. The van der Waals surface area contributed by atoms with E-state index in [2.05, 4.69) is 31.3 Å². The smallest absolute Gasteiger partial charge is 0.305 e. The van der Waals surface area contributed by atoms with Gasteiger partial charge in [-0.25, -0.2) is 0 Å². The Morgan fingerprint density at radius 2 is 0.758 bits per heavy atom. The molecule has 0 aromatic rings. The quantitative estimate of drug-likeness (QED) is 0.0321. The van der Waals surface area contributed by atoms with Crippen LogP contribution in [0.5, 0.6) is 0 Å². The Labute approximate surface area is 387 Å². The first-order valence-corrected chi connectivity index (χ1v) is 27.9. The molecule has 0 radical (unpaired) electrons. The Balaban J connectivity index is 3.43. The summed E-state index contributed by atoms with van der Waals surface area (Å²) in [7, 11) is 0.